The maximum atomic E-state index is 12.3. The minimum Gasteiger partial charge on any atom is -0.395 e. The van der Waals surface area contributed by atoms with E-state index in [1.54, 1.807) is 0 Å². The molecule has 0 aromatic carbocycles. The molecule has 1 N–H and O–H groups in total. The van der Waals surface area contributed by atoms with Gasteiger partial charge in [0.2, 0.25) is 10.0 Å². The molecular formula is C11H23NO4S. The SMILES string of the molecule is CCCCN(CCO)S(=O)(=O)C1CCOCC1. The quantitative estimate of drug-likeness (QED) is 0.731. The second-order valence-electron chi connectivity index (χ2n) is 4.33. The fraction of sp³-hybridized carbons (Fsp3) is 1.00. The number of aliphatic hydroxyl groups excluding tert-OH is 1. The van der Waals surface area contributed by atoms with Crippen LogP contribution in [0.2, 0.25) is 0 Å². The first-order valence-electron chi connectivity index (χ1n) is 6.30. The number of hydrogen-bond donors (Lipinski definition) is 1. The highest BCUT2D eigenvalue weighted by molar-refractivity contribution is 7.89. The summed E-state index contributed by atoms with van der Waals surface area (Å²) in [5.41, 5.74) is 0. The Hall–Kier alpha value is -0.170. The van der Waals surface area contributed by atoms with Gasteiger partial charge in [-0.3, -0.25) is 0 Å². The Labute approximate surface area is 104 Å². The predicted octanol–water partition coefficient (Wildman–Crippen LogP) is 0.590. The highest BCUT2D eigenvalue weighted by Gasteiger charge is 2.32. The Bertz CT molecular complexity index is 299. The molecule has 1 heterocycles. The second-order valence-corrected chi connectivity index (χ2v) is 6.55. The average molecular weight is 265 g/mol. The first kappa shape index (κ1) is 14.9. The minimum absolute atomic E-state index is 0.119. The monoisotopic (exact) mass is 265 g/mol. The summed E-state index contributed by atoms with van der Waals surface area (Å²) < 4.78 is 31.3. The largest absolute Gasteiger partial charge is 0.395 e. The summed E-state index contributed by atoms with van der Waals surface area (Å²) in [6.45, 7) is 3.66. The van der Waals surface area contributed by atoms with Gasteiger partial charge in [-0.25, -0.2) is 8.42 Å². The van der Waals surface area contributed by atoms with E-state index in [2.05, 4.69) is 0 Å². The Morgan fingerprint density at radius 1 is 1.29 bits per heavy atom. The molecule has 6 heteroatoms. The van der Waals surface area contributed by atoms with Gasteiger partial charge in [-0.2, -0.15) is 4.31 Å². The van der Waals surface area contributed by atoms with Gasteiger partial charge in [-0.15, -0.1) is 0 Å². The summed E-state index contributed by atoms with van der Waals surface area (Å²) >= 11 is 0. The molecule has 0 spiro atoms. The van der Waals surface area contributed by atoms with Crippen LogP contribution in [0.4, 0.5) is 0 Å². The highest BCUT2D eigenvalue weighted by atomic mass is 32.2. The van der Waals surface area contributed by atoms with Crippen molar-refractivity contribution >= 4 is 10.0 Å². The van der Waals surface area contributed by atoms with Crippen molar-refractivity contribution in [3.05, 3.63) is 0 Å². The fourth-order valence-corrected chi connectivity index (χ4v) is 3.93. The van der Waals surface area contributed by atoms with Gasteiger partial charge in [-0.1, -0.05) is 13.3 Å². The van der Waals surface area contributed by atoms with E-state index in [1.165, 1.54) is 4.31 Å². The number of sulfonamides is 1. The van der Waals surface area contributed by atoms with Crippen LogP contribution in [0, 0.1) is 0 Å². The third-order valence-electron chi connectivity index (χ3n) is 3.06. The van der Waals surface area contributed by atoms with E-state index in [0.29, 0.717) is 32.6 Å². The molecule has 0 saturated carbocycles. The lowest BCUT2D eigenvalue weighted by molar-refractivity contribution is 0.0969. The number of aliphatic hydroxyl groups is 1. The molecule has 0 amide bonds. The summed E-state index contributed by atoms with van der Waals surface area (Å²) in [5.74, 6) is 0. The van der Waals surface area contributed by atoms with Gasteiger partial charge in [-0.05, 0) is 19.3 Å². The molecule has 0 radical (unpaired) electrons. The van der Waals surface area contributed by atoms with Crippen molar-refractivity contribution in [1.29, 1.82) is 0 Å². The van der Waals surface area contributed by atoms with Crippen molar-refractivity contribution < 1.29 is 18.3 Å². The average Bonchev–Trinajstić information content (AvgIpc) is 2.35. The number of unbranched alkanes of at least 4 members (excludes halogenated alkanes) is 1. The Balaban J connectivity index is 2.67. The maximum absolute atomic E-state index is 12.3. The molecule has 0 unspecified atom stereocenters. The van der Waals surface area contributed by atoms with Crippen molar-refractivity contribution in [3.63, 3.8) is 0 Å². The van der Waals surface area contributed by atoms with Crippen LogP contribution in [0.3, 0.4) is 0 Å². The standard InChI is InChI=1S/C11H23NO4S/c1-2-3-6-12(7-8-13)17(14,15)11-4-9-16-10-5-11/h11,13H,2-10H2,1H3. The summed E-state index contributed by atoms with van der Waals surface area (Å²) in [7, 11) is -3.27. The summed E-state index contributed by atoms with van der Waals surface area (Å²) in [5, 5.41) is 8.63. The van der Waals surface area contributed by atoms with Crippen molar-refractivity contribution in [2.45, 2.75) is 37.9 Å². The Morgan fingerprint density at radius 3 is 2.47 bits per heavy atom. The number of ether oxygens (including phenoxy) is 1. The van der Waals surface area contributed by atoms with E-state index < -0.39 is 10.0 Å². The number of hydrogen-bond acceptors (Lipinski definition) is 4. The van der Waals surface area contributed by atoms with E-state index >= 15 is 0 Å². The maximum Gasteiger partial charge on any atom is 0.217 e. The van der Waals surface area contributed by atoms with Gasteiger partial charge in [0.25, 0.3) is 0 Å². The Morgan fingerprint density at radius 2 is 1.94 bits per heavy atom. The van der Waals surface area contributed by atoms with Crippen LogP contribution >= 0.6 is 0 Å². The third-order valence-corrected chi connectivity index (χ3v) is 5.46. The highest BCUT2D eigenvalue weighted by Crippen LogP contribution is 2.20. The molecule has 0 aromatic rings. The molecule has 17 heavy (non-hydrogen) atoms. The lowest BCUT2D eigenvalue weighted by Gasteiger charge is -2.29. The van der Waals surface area contributed by atoms with E-state index in [1.807, 2.05) is 6.92 Å². The predicted molar refractivity (Wildman–Crippen MR) is 66.3 cm³/mol. The lowest BCUT2D eigenvalue weighted by Crippen LogP contribution is -2.43. The zero-order chi connectivity index (χ0) is 12.7. The van der Waals surface area contributed by atoms with Gasteiger partial charge in [0.05, 0.1) is 11.9 Å². The minimum atomic E-state index is -3.27. The number of rotatable bonds is 7. The van der Waals surface area contributed by atoms with Crippen LogP contribution in [0.25, 0.3) is 0 Å². The van der Waals surface area contributed by atoms with Crippen molar-refractivity contribution in [2.24, 2.45) is 0 Å². The van der Waals surface area contributed by atoms with Gasteiger partial charge in [0.15, 0.2) is 0 Å². The molecule has 0 aliphatic carbocycles. The molecule has 1 fully saturated rings. The molecule has 0 atom stereocenters. The molecule has 1 saturated heterocycles. The van der Waals surface area contributed by atoms with Crippen LogP contribution in [0.1, 0.15) is 32.6 Å². The van der Waals surface area contributed by atoms with Crippen LogP contribution in [0.15, 0.2) is 0 Å². The summed E-state index contributed by atoms with van der Waals surface area (Å²) in [6.07, 6.45) is 2.92. The molecule has 5 nitrogen and oxygen atoms in total. The number of nitrogens with zero attached hydrogens (tertiary/aromatic N) is 1. The van der Waals surface area contributed by atoms with Gasteiger partial charge in [0.1, 0.15) is 0 Å². The van der Waals surface area contributed by atoms with Gasteiger partial charge < -0.3 is 9.84 Å². The van der Waals surface area contributed by atoms with Crippen molar-refractivity contribution in [2.75, 3.05) is 32.9 Å². The van der Waals surface area contributed by atoms with Gasteiger partial charge in [0, 0.05) is 26.3 Å². The van der Waals surface area contributed by atoms with Gasteiger partial charge >= 0.3 is 0 Å². The van der Waals surface area contributed by atoms with Crippen LogP contribution in [0.5, 0.6) is 0 Å². The molecule has 102 valence electrons. The molecule has 1 aliphatic rings. The molecule has 0 aromatic heterocycles. The van der Waals surface area contributed by atoms with E-state index in [9.17, 15) is 8.42 Å². The normalized spacial score (nSPS) is 18.8. The van der Waals surface area contributed by atoms with Crippen LogP contribution in [-0.2, 0) is 14.8 Å². The summed E-state index contributed by atoms with van der Waals surface area (Å²) in [4.78, 5) is 0. The lowest BCUT2D eigenvalue weighted by atomic mass is 10.2. The first-order chi connectivity index (χ1) is 8.12. The smallest absolute Gasteiger partial charge is 0.217 e. The third kappa shape index (κ3) is 4.21. The molecule has 1 rings (SSSR count). The first-order valence-corrected chi connectivity index (χ1v) is 7.80. The molecule has 1 aliphatic heterocycles. The zero-order valence-electron chi connectivity index (χ0n) is 10.5. The van der Waals surface area contributed by atoms with Crippen molar-refractivity contribution in [1.82, 2.24) is 4.31 Å². The fourth-order valence-electron chi connectivity index (χ4n) is 2.00. The summed E-state index contributed by atoms with van der Waals surface area (Å²) in [6, 6.07) is 0. The van der Waals surface area contributed by atoms with Crippen LogP contribution < -0.4 is 0 Å². The van der Waals surface area contributed by atoms with E-state index in [4.69, 9.17) is 9.84 Å². The Kier molecular flexibility index (Phi) is 6.40. The van der Waals surface area contributed by atoms with Crippen molar-refractivity contribution in [3.8, 4) is 0 Å². The molecule has 0 bridgehead atoms. The topological polar surface area (TPSA) is 66.8 Å². The van der Waals surface area contributed by atoms with E-state index in [0.717, 1.165) is 12.8 Å². The van der Waals surface area contributed by atoms with E-state index in [-0.39, 0.29) is 18.4 Å². The molecular weight excluding hydrogens is 242 g/mol. The zero-order valence-corrected chi connectivity index (χ0v) is 11.3. The van der Waals surface area contributed by atoms with Crippen LogP contribution in [-0.4, -0.2) is 56.0 Å². The second kappa shape index (κ2) is 7.31.